The molecule has 0 aromatic heterocycles. The monoisotopic (exact) mass is 320 g/mol. The minimum Gasteiger partial charge on any atom is -0.327 e. The summed E-state index contributed by atoms with van der Waals surface area (Å²) >= 11 is 5.81. The molecule has 116 valence electrons. The zero-order valence-corrected chi connectivity index (χ0v) is 12.0. The van der Waals surface area contributed by atoms with E-state index in [0.29, 0.717) is 6.42 Å². The van der Waals surface area contributed by atoms with Crippen LogP contribution in [0.4, 0.5) is 18.9 Å². The van der Waals surface area contributed by atoms with Crippen molar-refractivity contribution in [1.82, 2.24) is 0 Å². The molecule has 3 nitrogen and oxygen atoms in total. The fraction of sp³-hybridized carbons (Fsp3) is 0.500. The normalized spacial score (nSPS) is 22.9. The molecular formula is C14H16ClF3N2O. The van der Waals surface area contributed by atoms with Crippen LogP contribution >= 0.6 is 11.6 Å². The topological polar surface area (TPSA) is 55.1 Å². The minimum absolute atomic E-state index is 0.137. The van der Waals surface area contributed by atoms with Gasteiger partial charge < -0.3 is 11.1 Å². The van der Waals surface area contributed by atoms with Gasteiger partial charge in [0, 0.05) is 6.04 Å². The molecular weight excluding hydrogens is 305 g/mol. The lowest BCUT2D eigenvalue weighted by molar-refractivity contribution is -0.137. The summed E-state index contributed by atoms with van der Waals surface area (Å²) in [5.41, 5.74) is 5.24. The van der Waals surface area contributed by atoms with E-state index in [9.17, 15) is 18.0 Å². The Labute approximate surface area is 125 Å². The van der Waals surface area contributed by atoms with E-state index in [-0.39, 0.29) is 28.6 Å². The summed E-state index contributed by atoms with van der Waals surface area (Å²) in [5, 5.41) is 2.43. The van der Waals surface area contributed by atoms with Crippen molar-refractivity contribution >= 4 is 23.2 Å². The molecule has 0 spiro atoms. The quantitative estimate of drug-likeness (QED) is 0.870. The van der Waals surface area contributed by atoms with E-state index in [1.54, 1.807) is 0 Å². The first-order valence-electron chi connectivity index (χ1n) is 6.72. The molecule has 3 N–H and O–H groups in total. The van der Waals surface area contributed by atoms with Crippen molar-refractivity contribution in [3.05, 3.63) is 28.8 Å². The van der Waals surface area contributed by atoms with Crippen LogP contribution in [0.15, 0.2) is 18.2 Å². The van der Waals surface area contributed by atoms with Crippen LogP contribution in [-0.2, 0) is 11.0 Å². The predicted molar refractivity (Wildman–Crippen MR) is 75.0 cm³/mol. The minimum atomic E-state index is -4.46. The van der Waals surface area contributed by atoms with E-state index in [1.807, 2.05) is 0 Å². The number of carbonyl (C=O) groups excluding carboxylic acids is 1. The third-order valence-electron chi connectivity index (χ3n) is 3.71. The lowest BCUT2D eigenvalue weighted by Crippen LogP contribution is -2.40. The summed E-state index contributed by atoms with van der Waals surface area (Å²) in [6.07, 6.45) is -1.08. The molecule has 0 radical (unpaired) electrons. The summed E-state index contributed by atoms with van der Waals surface area (Å²) < 4.78 is 37.6. The van der Waals surface area contributed by atoms with Crippen LogP contribution < -0.4 is 11.1 Å². The number of rotatable bonds is 2. The molecule has 1 aliphatic carbocycles. The number of nitrogens with one attached hydrogen (secondary N) is 1. The number of hydrogen-bond acceptors (Lipinski definition) is 2. The zero-order chi connectivity index (χ0) is 15.6. The largest absolute Gasteiger partial charge is 0.416 e. The van der Waals surface area contributed by atoms with Crippen molar-refractivity contribution < 1.29 is 18.0 Å². The van der Waals surface area contributed by atoms with Gasteiger partial charge >= 0.3 is 6.18 Å². The van der Waals surface area contributed by atoms with E-state index in [0.717, 1.165) is 37.5 Å². The number of nitrogens with two attached hydrogens (primary N) is 1. The van der Waals surface area contributed by atoms with Gasteiger partial charge in [0.2, 0.25) is 5.91 Å². The molecule has 1 aromatic rings. The number of halogens is 4. The second-order valence-electron chi connectivity index (χ2n) is 5.24. The molecule has 2 atom stereocenters. The van der Waals surface area contributed by atoms with Gasteiger partial charge in [-0.25, -0.2) is 0 Å². The van der Waals surface area contributed by atoms with Gasteiger partial charge in [0.15, 0.2) is 0 Å². The van der Waals surface area contributed by atoms with Gasteiger partial charge in [-0.3, -0.25) is 4.79 Å². The van der Waals surface area contributed by atoms with Crippen LogP contribution in [0.1, 0.15) is 31.2 Å². The molecule has 2 unspecified atom stereocenters. The summed E-state index contributed by atoms with van der Waals surface area (Å²) in [6, 6.07) is 2.64. The molecule has 2 rings (SSSR count). The summed E-state index contributed by atoms with van der Waals surface area (Å²) in [7, 11) is 0. The molecule has 21 heavy (non-hydrogen) atoms. The average molecular weight is 321 g/mol. The van der Waals surface area contributed by atoms with Crippen LogP contribution in [-0.4, -0.2) is 11.9 Å². The molecule has 1 amide bonds. The highest BCUT2D eigenvalue weighted by atomic mass is 35.5. The highest BCUT2D eigenvalue weighted by Gasteiger charge is 2.32. The van der Waals surface area contributed by atoms with Crippen molar-refractivity contribution in [1.29, 1.82) is 0 Å². The van der Waals surface area contributed by atoms with E-state index >= 15 is 0 Å². The fourth-order valence-electron chi connectivity index (χ4n) is 2.50. The Morgan fingerprint density at radius 3 is 2.52 bits per heavy atom. The van der Waals surface area contributed by atoms with Crippen LogP contribution in [0.2, 0.25) is 5.02 Å². The SMILES string of the molecule is NC1CCCCC1C(=O)Nc1ccc(C(F)(F)F)cc1Cl. The Kier molecular flexibility index (Phi) is 4.78. The van der Waals surface area contributed by atoms with Crippen LogP contribution in [0, 0.1) is 5.92 Å². The lowest BCUT2D eigenvalue weighted by Gasteiger charge is -2.27. The summed E-state index contributed by atoms with van der Waals surface area (Å²) in [6.45, 7) is 0. The van der Waals surface area contributed by atoms with Crippen LogP contribution in [0.25, 0.3) is 0 Å². The highest BCUT2D eigenvalue weighted by Crippen LogP contribution is 2.34. The molecule has 1 aliphatic rings. The van der Waals surface area contributed by atoms with Crippen molar-refractivity contribution in [3.8, 4) is 0 Å². The first-order chi connectivity index (χ1) is 9.79. The molecule has 7 heteroatoms. The Morgan fingerprint density at radius 1 is 1.29 bits per heavy atom. The number of hydrogen-bond donors (Lipinski definition) is 2. The van der Waals surface area contributed by atoms with E-state index in [1.165, 1.54) is 0 Å². The number of amides is 1. The third-order valence-corrected chi connectivity index (χ3v) is 4.02. The van der Waals surface area contributed by atoms with Gasteiger partial charge in [-0.05, 0) is 31.0 Å². The fourth-order valence-corrected chi connectivity index (χ4v) is 2.73. The lowest BCUT2D eigenvalue weighted by atomic mass is 9.84. The molecule has 1 saturated carbocycles. The van der Waals surface area contributed by atoms with Crippen molar-refractivity contribution in [2.75, 3.05) is 5.32 Å². The number of carbonyl (C=O) groups is 1. The second kappa shape index (κ2) is 6.23. The summed E-state index contributed by atoms with van der Waals surface area (Å²) in [5.74, 6) is -0.610. The third kappa shape index (κ3) is 3.89. The highest BCUT2D eigenvalue weighted by molar-refractivity contribution is 6.33. The van der Waals surface area contributed by atoms with Gasteiger partial charge in [-0.15, -0.1) is 0 Å². The molecule has 1 fully saturated rings. The molecule has 0 aliphatic heterocycles. The molecule has 1 aromatic carbocycles. The van der Waals surface area contributed by atoms with Crippen molar-refractivity contribution in [3.63, 3.8) is 0 Å². The zero-order valence-electron chi connectivity index (χ0n) is 11.2. The predicted octanol–water partition coefficient (Wildman–Crippen LogP) is 3.81. The average Bonchev–Trinajstić information content (AvgIpc) is 2.40. The number of benzene rings is 1. The first-order valence-corrected chi connectivity index (χ1v) is 7.10. The maximum absolute atomic E-state index is 12.5. The van der Waals surface area contributed by atoms with Gasteiger partial charge in [0.05, 0.1) is 22.2 Å². The van der Waals surface area contributed by atoms with Crippen molar-refractivity contribution in [2.24, 2.45) is 11.7 Å². The Bertz CT molecular complexity index is 533. The Balaban J connectivity index is 2.11. The number of alkyl halides is 3. The second-order valence-corrected chi connectivity index (χ2v) is 5.64. The maximum atomic E-state index is 12.5. The molecule has 0 saturated heterocycles. The number of anilines is 1. The van der Waals surface area contributed by atoms with Crippen LogP contribution in [0.3, 0.4) is 0 Å². The molecule has 0 heterocycles. The van der Waals surface area contributed by atoms with Gasteiger partial charge in [0.1, 0.15) is 0 Å². The first kappa shape index (κ1) is 16.1. The van der Waals surface area contributed by atoms with E-state index in [4.69, 9.17) is 17.3 Å². The Hall–Kier alpha value is -1.27. The molecule has 0 bridgehead atoms. The van der Waals surface area contributed by atoms with Crippen molar-refractivity contribution in [2.45, 2.75) is 37.9 Å². The van der Waals surface area contributed by atoms with Gasteiger partial charge in [-0.1, -0.05) is 24.4 Å². The summed E-state index contributed by atoms with van der Waals surface area (Å²) in [4.78, 5) is 12.1. The standard InChI is InChI=1S/C14H16ClF3N2O/c15-10-7-8(14(16,17)18)5-6-12(10)20-13(21)9-3-1-2-4-11(9)19/h5-7,9,11H,1-4,19H2,(H,20,21). The smallest absolute Gasteiger partial charge is 0.327 e. The van der Waals surface area contributed by atoms with E-state index < -0.39 is 11.7 Å². The van der Waals surface area contributed by atoms with Crippen LogP contribution in [0.5, 0.6) is 0 Å². The van der Waals surface area contributed by atoms with E-state index in [2.05, 4.69) is 5.32 Å². The maximum Gasteiger partial charge on any atom is 0.416 e. The van der Waals surface area contributed by atoms with Gasteiger partial charge in [0.25, 0.3) is 0 Å². The Morgan fingerprint density at radius 2 is 1.95 bits per heavy atom. The van der Waals surface area contributed by atoms with Gasteiger partial charge in [-0.2, -0.15) is 13.2 Å².